The van der Waals surface area contributed by atoms with Crippen molar-refractivity contribution in [1.29, 1.82) is 0 Å². The van der Waals surface area contributed by atoms with E-state index in [-0.39, 0.29) is 5.56 Å². The number of H-pyrrole nitrogens is 1. The van der Waals surface area contributed by atoms with E-state index in [2.05, 4.69) is 46.4 Å². The van der Waals surface area contributed by atoms with Crippen molar-refractivity contribution in [2.24, 2.45) is 5.92 Å². The van der Waals surface area contributed by atoms with Crippen molar-refractivity contribution in [3.05, 3.63) is 25.4 Å². The zero-order valence-electron chi connectivity index (χ0n) is 12.2. The maximum Gasteiger partial charge on any atom is 0.264 e. The van der Waals surface area contributed by atoms with Crippen molar-refractivity contribution in [3.63, 3.8) is 0 Å². The second kappa shape index (κ2) is 7.82. The summed E-state index contributed by atoms with van der Waals surface area (Å²) >= 11 is 4.07. The third-order valence-corrected chi connectivity index (χ3v) is 6.09. The maximum atomic E-state index is 12.0. The van der Waals surface area contributed by atoms with E-state index < -0.39 is 0 Å². The third-order valence-electron chi connectivity index (χ3n) is 3.59. The molecule has 0 aromatic carbocycles. The van der Waals surface area contributed by atoms with Crippen LogP contribution in [0.5, 0.6) is 0 Å². The molecular weight excluding hydrogens is 383 g/mol. The molecule has 0 unspecified atom stereocenters. The molecular formula is C15H23IN2OS. The Morgan fingerprint density at radius 3 is 2.70 bits per heavy atom. The van der Waals surface area contributed by atoms with Crippen LogP contribution in [0.15, 0.2) is 4.79 Å². The van der Waals surface area contributed by atoms with Gasteiger partial charge in [0.15, 0.2) is 0 Å². The van der Waals surface area contributed by atoms with Gasteiger partial charge in [-0.05, 0) is 47.8 Å². The normalized spacial score (nSPS) is 16.8. The molecule has 0 bridgehead atoms. The minimum absolute atomic E-state index is 0.0236. The molecule has 0 amide bonds. The summed E-state index contributed by atoms with van der Waals surface area (Å²) in [6.07, 6.45) is 7.60. The lowest BCUT2D eigenvalue weighted by Gasteiger charge is -2.20. The van der Waals surface area contributed by atoms with Gasteiger partial charge in [-0.15, -0.1) is 0 Å². The summed E-state index contributed by atoms with van der Waals surface area (Å²) in [6.45, 7) is 4.32. The molecule has 1 heterocycles. The summed E-state index contributed by atoms with van der Waals surface area (Å²) in [5, 5.41) is 0.752. The minimum atomic E-state index is 0.0236. The van der Waals surface area contributed by atoms with Gasteiger partial charge in [0, 0.05) is 5.25 Å². The van der Waals surface area contributed by atoms with Crippen LogP contribution in [0.25, 0.3) is 0 Å². The van der Waals surface area contributed by atoms with E-state index >= 15 is 0 Å². The molecule has 2 rings (SSSR count). The first-order valence-corrected chi connectivity index (χ1v) is 9.58. The number of nitrogens with one attached hydrogen (secondary N) is 1. The summed E-state index contributed by atoms with van der Waals surface area (Å²) in [5.41, 5.74) is 0.985. The van der Waals surface area contributed by atoms with Gasteiger partial charge in [-0.1, -0.05) is 33.1 Å². The Labute approximate surface area is 138 Å². The van der Waals surface area contributed by atoms with Gasteiger partial charge >= 0.3 is 0 Å². The molecule has 0 atom stereocenters. The molecule has 0 aliphatic heterocycles. The largest absolute Gasteiger partial charge is 0.309 e. The smallest absolute Gasteiger partial charge is 0.264 e. The summed E-state index contributed by atoms with van der Waals surface area (Å²) in [5.74, 6) is 2.21. The molecule has 1 aromatic heterocycles. The van der Waals surface area contributed by atoms with Crippen LogP contribution in [0.2, 0.25) is 0 Å². The van der Waals surface area contributed by atoms with Gasteiger partial charge in [0.05, 0.1) is 15.0 Å². The molecule has 1 fully saturated rings. The first kappa shape index (κ1) is 16.3. The lowest BCUT2D eigenvalue weighted by molar-refractivity contribution is 0.516. The lowest BCUT2D eigenvalue weighted by Crippen LogP contribution is -2.19. The zero-order chi connectivity index (χ0) is 14.5. The average molecular weight is 406 g/mol. The number of aromatic amines is 1. The lowest BCUT2D eigenvalue weighted by atomic mass is 10.0. The monoisotopic (exact) mass is 406 g/mol. The van der Waals surface area contributed by atoms with Crippen molar-refractivity contribution >= 4 is 34.4 Å². The van der Waals surface area contributed by atoms with Crippen LogP contribution in [0.3, 0.4) is 0 Å². The summed E-state index contributed by atoms with van der Waals surface area (Å²) in [6, 6.07) is 0. The third kappa shape index (κ3) is 4.76. The molecule has 1 aliphatic rings. The van der Waals surface area contributed by atoms with E-state index in [1.54, 1.807) is 0 Å². The average Bonchev–Trinajstić information content (AvgIpc) is 2.42. The van der Waals surface area contributed by atoms with Gasteiger partial charge in [-0.3, -0.25) is 4.79 Å². The molecule has 1 saturated carbocycles. The Morgan fingerprint density at radius 2 is 2.05 bits per heavy atom. The number of aromatic nitrogens is 2. The second-order valence-corrected chi connectivity index (χ2v) is 8.31. The summed E-state index contributed by atoms with van der Waals surface area (Å²) in [4.78, 5) is 19.6. The Hall–Kier alpha value is -0.0400. The number of thioether (sulfide) groups is 1. The fourth-order valence-electron chi connectivity index (χ4n) is 2.58. The molecule has 5 heteroatoms. The van der Waals surface area contributed by atoms with Gasteiger partial charge in [-0.2, -0.15) is 11.8 Å². The Morgan fingerprint density at radius 1 is 1.35 bits per heavy atom. The fourth-order valence-corrected chi connectivity index (χ4v) is 4.25. The number of halogens is 1. The molecule has 0 radical (unpaired) electrons. The first-order chi connectivity index (χ1) is 9.56. The molecule has 0 saturated heterocycles. The number of hydrogen-bond acceptors (Lipinski definition) is 3. The highest BCUT2D eigenvalue weighted by Gasteiger charge is 2.15. The van der Waals surface area contributed by atoms with Gasteiger partial charge in [0.2, 0.25) is 0 Å². The SMILES string of the molecule is CC(C)Cc1nc(CSC2CCCCC2)[nH]c(=O)c1I. The number of rotatable bonds is 5. The van der Waals surface area contributed by atoms with E-state index in [1.165, 1.54) is 32.1 Å². The highest BCUT2D eigenvalue weighted by atomic mass is 127. The predicted octanol–water partition coefficient (Wildman–Crippen LogP) is 4.14. The van der Waals surface area contributed by atoms with Crippen LogP contribution in [0.1, 0.15) is 57.5 Å². The zero-order valence-corrected chi connectivity index (χ0v) is 15.2. The highest BCUT2D eigenvalue weighted by molar-refractivity contribution is 14.1. The van der Waals surface area contributed by atoms with Crippen molar-refractivity contribution in [2.75, 3.05) is 0 Å². The molecule has 1 N–H and O–H groups in total. The Kier molecular flexibility index (Phi) is 6.39. The maximum absolute atomic E-state index is 12.0. The predicted molar refractivity (Wildman–Crippen MR) is 94.3 cm³/mol. The van der Waals surface area contributed by atoms with Crippen LogP contribution in [0, 0.1) is 9.49 Å². The van der Waals surface area contributed by atoms with Gasteiger partial charge in [0.1, 0.15) is 5.82 Å². The van der Waals surface area contributed by atoms with Crippen molar-refractivity contribution < 1.29 is 0 Å². The highest BCUT2D eigenvalue weighted by Crippen LogP contribution is 2.29. The quantitative estimate of drug-likeness (QED) is 0.748. The summed E-state index contributed by atoms with van der Waals surface area (Å²) in [7, 11) is 0. The van der Waals surface area contributed by atoms with Gasteiger partial charge in [0.25, 0.3) is 5.56 Å². The molecule has 20 heavy (non-hydrogen) atoms. The van der Waals surface area contributed by atoms with Gasteiger partial charge in [-0.25, -0.2) is 4.98 Å². The molecule has 112 valence electrons. The molecule has 1 aromatic rings. The molecule has 1 aliphatic carbocycles. The topological polar surface area (TPSA) is 45.8 Å². The van der Waals surface area contributed by atoms with E-state index in [4.69, 9.17) is 0 Å². The minimum Gasteiger partial charge on any atom is -0.309 e. The number of hydrogen-bond donors (Lipinski definition) is 1. The molecule has 3 nitrogen and oxygen atoms in total. The Balaban J connectivity index is 2.03. The van der Waals surface area contributed by atoms with Crippen LogP contribution < -0.4 is 5.56 Å². The van der Waals surface area contributed by atoms with Gasteiger partial charge < -0.3 is 4.98 Å². The van der Waals surface area contributed by atoms with Crippen molar-refractivity contribution in [3.8, 4) is 0 Å². The van der Waals surface area contributed by atoms with Crippen LogP contribution in [0.4, 0.5) is 0 Å². The van der Waals surface area contributed by atoms with Crippen LogP contribution in [-0.2, 0) is 12.2 Å². The Bertz CT molecular complexity index is 495. The van der Waals surface area contributed by atoms with E-state index in [9.17, 15) is 4.79 Å². The number of nitrogens with zero attached hydrogens (tertiary/aromatic N) is 1. The van der Waals surface area contributed by atoms with Crippen molar-refractivity contribution in [2.45, 2.75) is 63.4 Å². The first-order valence-electron chi connectivity index (χ1n) is 7.45. The van der Waals surface area contributed by atoms with E-state index in [1.807, 2.05) is 11.8 Å². The van der Waals surface area contributed by atoms with Crippen LogP contribution >= 0.6 is 34.4 Å². The molecule has 0 spiro atoms. The summed E-state index contributed by atoms with van der Waals surface area (Å²) < 4.78 is 0.753. The van der Waals surface area contributed by atoms with Crippen molar-refractivity contribution in [1.82, 2.24) is 9.97 Å². The standard InChI is InChI=1S/C15H23IN2OS/c1-10(2)8-12-14(16)15(19)18-13(17-12)9-20-11-6-4-3-5-7-11/h10-11H,3-9H2,1-2H3,(H,17,18,19). The fraction of sp³-hybridized carbons (Fsp3) is 0.733. The second-order valence-electron chi connectivity index (χ2n) is 5.94. The van der Waals surface area contributed by atoms with Crippen LogP contribution in [-0.4, -0.2) is 15.2 Å². The van der Waals surface area contributed by atoms with E-state index in [0.29, 0.717) is 5.92 Å². The van der Waals surface area contributed by atoms with E-state index in [0.717, 1.165) is 32.5 Å².